The van der Waals surface area contributed by atoms with Gasteiger partial charge in [-0.2, -0.15) is 10.4 Å². The van der Waals surface area contributed by atoms with Crippen molar-refractivity contribution in [3.8, 4) is 6.07 Å². The molecule has 0 amide bonds. The maximum absolute atomic E-state index is 9.19. The second-order valence-corrected chi connectivity index (χ2v) is 4.45. The van der Waals surface area contributed by atoms with Gasteiger partial charge in [0, 0.05) is 26.1 Å². The Hall–Kier alpha value is -1.67. The normalized spacial score (nSPS) is 15.5. The van der Waals surface area contributed by atoms with Crippen molar-refractivity contribution in [3.63, 3.8) is 0 Å². The molecule has 0 spiro atoms. The SMILES string of the molecule is COCC1CN(c2nnc(C)c(C)c2C#N)C1. The van der Waals surface area contributed by atoms with Gasteiger partial charge in [0.1, 0.15) is 11.6 Å². The number of hydrogen-bond acceptors (Lipinski definition) is 5. The van der Waals surface area contributed by atoms with Crippen LogP contribution in [0, 0.1) is 31.1 Å². The summed E-state index contributed by atoms with van der Waals surface area (Å²) in [6, 6.07) is 2.23. The average Bonchev–Trinajstić information content (AvgIpc) is 2.27. The predicted octanol–water partition coefficient (Wildman–Crippen LogP) is 1.05. The molecule has 0 N–H and O–H groups in total. The van der Waals surface area contributed by atoms with E-state index in [4.69, 9.17) is 4.74 Å². The molecule has 5 heteroatoms. The maximum atomic E-state index is 9.19. The highest BCUT2D eigenvalue weighted by Gasteiger charge is 2.30. The van der Waals surface area contributed by atoms with E-state index in [1.807, 2.05) is 13.8 Å². The van der Waals surface area contributed by atoms with Gasteiger partial charge in [0.25, 0.3) is 0 Å². The molecular formula is C12H16N4O. The Morgan fingerprint density at radius 2 is 2.12 bits per heavy atom. The second kappa shape index (κ2) is 4.68. The highest BCUT2D eigenvalue weighted by Crippen LogP contribution is 2.27. The van der Waals surface area contributed by atoms with E-state index in [1.165, 1.54) is 0 Å². The summed E-state index contributed by atoms with van der Waals surface area (Å²) in [5.74, 6) is 1.25. The van der Waals surface area contributed by atoms with Crippen molar-refractivity contribution in [2.24, 2.45) is 5.92 Å². The van der Waals surface area contributed by atoms with Crippen LogP contribution in [-0.2, 0) is 4.74 Å². The third-order valence-corrected chi connectivity index (χ3v) is 3.21. The molecule has 0 aromatic carbocycles. The first-order chi connectivity index (χ1) is 8.17. The van der Waals surface area contributed by atoms with E-state index in [-0.39, 0.29) is 0 Å². The molecule has 2 heterocycles. The first-order valence-electron chi connectivity index (χ1n) is 5.65. The van der Waals surface area contributed by atoms with Gasteiger partial charge in [-0.3, -0.25) is 0 Å². The molecule has 0 radical (unpaired) electrons. The Bertz CT molecular complexity index is 460. The summed E-state index contributed by atoms with van der Waals surface area (Å²) >= 11 is 0. The summed E-state index contributed by atoms with van der Waals surface area (Å²) in [7, 11) is 1.71. The van der Waals surface area contributed by atoms with Crippen molar-refractivity contribution in [3.05, 3.63) is 16.8 Å². The van der Waals surface area contributed by atoms with Crippen molar-refractivity contribution in [2.45, 2.75) is 13.8 Å². The highest BCUT2D eigenvalue weighted by atomic mass is 16.5. The fourth-order valence-electron chi connectivity index (χ4n) is 2.04. The van der Waals surface area contributed by atoms with Gasteiger partial charge in [-0.15, -0.1) is 5.10 Å². The number of anilines is 1. The van der Waals surface area contributed by atoms with Crippen molar-refractivity contribution < 1.29 is 4.74 Å². The zero-order valence-electron chi connectivity index (χ0n) is 10.4. The van der Waals surface area contributed by atoms with Crippen molar-refractivity contribution in [1.82, 2.24) is 10.2 Å². The quantitative estimate of drug-likeness (QED) is 0.779. The lowest BCUT2D eigenvalue weighted by molar-refractivity contribution is 0.137. The molecule has 0 unspecified atom stereocenters. The standard InChI is InChI=1S/C12H16N4O/c1-8-9(2)14-15-12(11(8)4-13)16-5-10(6-16)7-17-3/h10H,5-7H2,1-3H3. The molecule has 0 atom stereocenters. The van der Waals surface area contributed by atoms with Crippen molar-refractivity contribution in [1.29, 1.82) is 5.26 Å². The summed E-state index contributed by atoms with van der Waals surface area (Å²) in [6.07, 6.45) is 0. The van der Waals surface area contributed by atoms with E-state index in [2.05, 4.69) is 21.2 Å². The number of aryl methyl sites for hydroxylation is 1. The maximum Gasteiger partial charge on any atom is 0.169 e. The van der Waals surface area contributed by atoms with Gasteiger partial charge in [0.15, 0.2) is 5.82 Å². The number of rotatable bonds is 3. The van der Waals surface area contributed by atoms with Crippen LogP contribution in [0.2, 0.25) is 0 Å². The van der Waals surface area contributed by atoms with Gasteiger partial charge in [0.05, 0.1) is 12.3 Å². The van der Waals surface area contributed by atoms with E-state index in [9.17, 15) is 5.26 Å². The minimum atomic E-state index is 0.537. The molecule has 1 fully saturated rings. The molecule has 1 aliphatic rings. The molecule has 17 heavy (non-hydrogen) atoms. The Morgan fingerprint density at radius 1 is 1.41 bits per heavy atom. The lowest BCUT2D eigenvalue weighted by Crippen LogP contribution is -2.49. The molecular weight excluding hydrogens is 216 g/mol. The zero-order valence-corrected chi connectivity index (χ0v) is 10.4. The minimum Gasteiger partial charge on any atom is -0.384 e. The number of hydrogen-bond donors (Lipinski definition) is 0. The molecule has 1 aromatic rings. The molecule has 0 aliphatic carbocycles. The fourth-order valence-corrected chi connectivity index (χ4v) is 2.04. The van der Waals surface area contributed by atoms with Crippen LogP contribution in [0.4, 0.5) is 5.82 Å². The van der Waals surface area contributed by atoms with E-state index in [0.717, 1.165) is 31.0 Å². The van der Waals surface area contributed by atoms with Gasteiger partial charge < -0.3 is 9.64 Å². The Morgan fingerprint density at radius 3 is 2.71 bits per heavy atom. The van der Waals surface area contributed by atoms with Crippen molar-refractivity contribution >= 4 is 5.82 Å². The second-order valence-electron chi connectivity index (χ2n) is 4.45. The number of methoxy groups -OCH3 is 1. The summed E-state index contributed by atoms with van der Waals surface area (Å²) < 4.78 is 5.10. The van der Waals surface area contributed by atoms with Gasteiger partial charge in [-0.25, -0.2) is 0 Å². The Kier molecular flexibility index (Phi) is 3.25. The summed E-state index contributed by atoms with van der Waals surface area (Å²) in [4.78, 5) is 2.08. The van der Waals surface area contributed by atoms with Gasteiger partial charge >= 0.3 is 0 Å². The highest BCUT2D eigenvalue weighted by molar-refractivity contribution is 5.58. The Balaban J connectivity index is 2.19. The third-order valence-electron chi connectivity index (χ3n) is 3.21. The third kappa shape index (κ3) is 2.08. The monoisotopic (exact) mass is 232 g/mol. The average molecular weight is 232 g/mol. The lowest BCUT2D eigenvalue weighted by Gasteiger charge is -2.39. The fraction of sp³-hybridized carbons (Fsp3) is 0.583. The summed E-state index contributed by atoms with van der Waals surface area (Å²) in [6.45, 7) is 6.32. The number of nitriles is 1. The van der Waals surface area contributed by atoms with Crippen LogP contribution in [0.1, 0.15) is 16.8 Å². The molecule has 1 aliphatic heterocycles. The van der Waals surface area contributed by atoms with E-state index < -0.39 is 0 Å². The van der Waals surface area contributed by atoms with Crippen LogP contribution in [-0.4, -0.2) is 37.0 Å². The molecule has 5 nitrogen and oxygen atoms in total. The number of ether oxygens (including phenoxy) is 1. The van der Waals surface area contributed by atoms with Crippen LogP contribution in [0.25, 0.3) is 0 Å². The van der Waals surface area contributed by atoms with Crippen LogP contribution in [0.3, 0.4) is 0 Å². The van der Waals surface area contributed by atoms with E-state index in [1.54, 1.807) is 7.11 Å². The van der Waals surface area contributed by atoms with E-state index >= 15 is 0 Å². The minimum absolute atomic E-state index is 0.537. The smallest absolute Gasteiger partial charge is 0.169 e. The molecule has 1 aromatic heterocycles. The van der Waals surface area contributed by atoms with Crippen molar-refractivity contribution in [2.75, 3.05) is 31.7 Å². The molecule has 0 bridgehead atoms. The van der Waals surface area contributed by atoms with Gasteiger partial charge in [-0.05, 0) is 19.4 Å². The number of nitrogens with zero attached hydrogens (tertiary/aromatic N) is 4. The van der Waals surface area contributed by atoms with Crippen LogP contribution in [0.5, 0.6) is 0 Å². The molecule has 90 valence electrons. The first-order valence-corrected chi connectivity index (χ1v) is 5.65. The molecule has 2 rings (SSSR count). The molecule has 0 saturated carbocycles. The first kappa shape index (κ1) is 11.8. The lowest BCUT2D eigenvalue weighted by atomic mass is 10.00. The summed E-state index contributed by atoms with van der Waals surface area (Å²) in [5.41, 5.74) is 2.39. The van der Waals surface area contributed by atoms with Gasteiger partial charge in [0.2, 0.25) is 0 Å². The number of aromatic nitrogens is 2. The Labute approximate surface area is 101 Å². The largest absolute Gasteiger partial charge is 0.384 e. The van der Waals surface area contributed by atoms with E-state index in [0.29, 0.717) is 17.3 Å². The molecule has 1 saturated heterocycles. The van der Waals surface area contributed by atoms with Gasteiger partial charge in [-0.1, -0.05) is 0 Å². The van der Waals surface area contributed by atoms with Crippen LogP contribution < -0.4 is 4.90 Å². The van der Waals surface area contributed by atoms with Crippen LogP contribution in [0.15, 0.2) is 0 Å². The van der Waals surface area contributed by atoms with Crippen LogP contribution >= 0.6 is 0 Å². The summed E-state index contributed by atoms with van der Waals surface area (Å²) in [5, 5.41) is 17.4. The zero-order chi connectivity index (χ0) is 12.4. The predicted molar refractivity (Wildman–Crippen MR) is 63.8 cm³/mol. The topological polar surface area (TPSA) is 62.0 Å².